The molecule has 2 amide bonds. The molecule has 0 aromatic carbocycles. The van der Waals surface area contributed by atoms with E-state index in [0.717, 1.165) is 12.8 Å². The lowest BCUT2D eigenvalue weighted by Crippen LogP contribution is -2.46. The van der Waals surface area contributed by atoms with E-state index in [1.54, 1.807) is 6.92 Å². The van der Waals surface area contributed by atoms with Gasteiger partial charge in [-0.15, -0.1) is 0 Å². The Morgan fingerprint density at radius 2 is 1.89 bits per heavy atom. The second-order valence-corrected chi connectivity index (χ2v) is 4.66. The van der Waals surface area contributed by atoms with Crippen molar-refractivity contribution in [2.24, 2.45) is 5.92 Å². The fourth-order valence-electron chi connectivity index (χ4n) is 1.69. The van der Waals surface area contributed by atoms with Gasteiger partial charge in [0.05, 0.1) is 6.61 Å². The van der Waals surface area contributed by atoms with Crippen LogP contribution in [0.3, 0.4) is 0 Å². The second kappa shape index (κ2) is 6.96. The third-order valence-corrected chi connectivity index (χ3v) is 2.77. The third-order valence-electron chi connectivity index (χ3n) is 2.77. The van der Waals surface area contributed by atoms with Gasteiger partial charge in [-0.3, -0.25) is 9.59 Å². The smallest absolute Gasteiger partial charge is 0.325 e. The molecule has 7 heteroatoms. The largest absolute Gasteiger partial charge is 0.480 e. The Balaban J connectivity index is 2.52. The molecule has 1 fully saturated rings. The van der Waals surface area contributed by atoms with Gasteiger partial charge in [0.1, 0.15) is 13.1 Å². The first-order chi connectivity index (χ1) is 8.93. The minimum Gasteiger partial charge on any atom is -0.480 e. The topological polar surface area (TPSA) is 87.2 Å². The molecule has 0 aliphatic heterocycles. The Kier molecular flexibility index (Phi) is 5.59. The maximum atomic E-state index is 12.1. The van der Waals surface area contributed by atoms with Gasteiger partial charge in [0.15, 0.2) is 0 Å². The molecule has 1 rings (SSSR count). The molecule has 1 aliphatic carbocycles. The molecule has 1 N–H and O–H groups in total. The number of hydrogen-bond acceptors (Lipinski definition) is 4. The van der Waals surface area contributed by atoms with Crippen LogP contribution in [-0.4, -0.2) is 66.2 Å². The van der Waals surface area contributed by atoms with Crippen LogP contribution in [0, 0.1) is 5.92 Å². The van der Waals surface area contributed by atoms with Crippen molar-refractivity contribution in [2.45, 2.75) is 19.8 Å². The fraction of sp³-hybridized carbons (Fsp3) is 0.750. The molecule has 0 atom stereocenters. The Hall–Kier alpha value is -1.79. The predicted molar refractivity (Wildman–Crippen MR) is 66.6 cm³/mol. The summed E-state index contributed by atoms with van der Waals surface area (Å²) in [7, 11) is 1.46. The third kappa shape index (κ3) is 5.58. The predicted octanol–water partition coefficient (Wildman–Crippen LogP) is 0.398. The number of amides is 2. The van der Waals surface area contributed by atoms with Gasteiger partial charge in [0.2, 0.25) is 0 Å². The molecule has 0 saturated heterocycles. The van der Waals surface area contributed by atoms with Gasteiger partial charge in [-0.05, 0) is 25.7 Å². The highest BCUT2D eigenvalue weighted by Crippen LogP contribution is 2.29. The number of rotatable bonds is 7. The van der Waals surface area contributed by atoms with Crippen LogP contribution in [0.25, 0.3) is 0 Å². The van der Waals surface area contributed by atoms with Crippen molar-refractivity contribution >= 4 is 18.0 Å². The van der Waals surface area contributed by atoms with E-state index in [9.17, 15) is 14.4 Å². The Morgan fingerprint density at radius 1 is 1.26 bits per heavy atom. The zero-order valence-corrected chi connectivity index (χ0v) is 11.3. The van der Waals surface area contributed by atoms with Gasteiger partial charge >= 0.3 is 18.0 Å². The number of carbonyl (C=O) groups excluding carboxylic acids is 2. The maximum absolute atomic E-state index is 12.1. The van der Waals surface area contributed by atoms with Crippen molar-refractivity contribution < 1.29 is 24.2 Å². The number of urea groups is 1. The van der Waals surface area contributed by atoms with Crippen LogP contribution in [0.1, 0.15) is 19.8 Å². The van der Waals surface area contributed by atoms with Crippen molar-refractivity contribution in [3.05, 3.63) is 0 Å². The summed E-state index contributed by atoms with van der Waals surface area (Å²) in [6, 6.07) is -0.456. The molecular formula is C12H20N2O5. The molecule has 0 heterocycles. The van der Waals surface area contributed by atoms with E-state index < -0.39 is 18.0 Å². The van der Waals surface area contributed by atoms with E-state index in [-0.39, 0.29) is 19.7 Å². The minimum atomic E-state index is -1.06. The summed E-state index contributed by atoms with van der Waals surface area (Å²) in [4.78, 5) is 36.6. The Labute approximate surface area is 112 Å². The SMILES string of the molecule is CCOC(=O)CN(C)C(=O)N(CC(=O)O)CC1CC1. The number of likely N-dealkylation sites (N-methyl/N-ethyl adjacent to an activating group) is 1. The van der Waals surface area contributed by atoms with Gasteiger partial charge in [0, 0.05) is 13.6 Å². The zero-order valence-electron chi connectivity index (χ0n) is 11.3. The lowest BCUT2D eigenvalue weighted by atomic mass is 10.3. The molecule has 19 heavy (non-hydrogen) atoms. The van der Waals surface area contributed by atoms with Crippen LogP contribution < -0.4 is 0 Å². The number of carboxylic acids is 1. The highest BCUT2D eigenvalue weighted by atomic mass is 16.5. The lowest BCUT2D eigenvalue weighted by molar-refractivity contribution is -0.143. The van der Waals surface area contributed by atoms with Gasteiger partial charge in [0.25, 0.3) is 0 Å². The van der Waals surface area contributed by atoms with Gasteiger partial charge in [-0.2, -0.15) is 0 Å². The molecule has 0 bridgehead atoms. The number of nitrogens with zero attached hydrogens (tertiary/aromatic N) is 2. The normalized spacial score (nSPS) is 13.8. The molecule has 7 nitrogen and oxygen atoms in total. The average molecular weight is 272 g/mol. The molecule has 0 aromatic rings. The number of esters is 1. The number of aliphatic carboxylic acids is 1. The maximum Gasteiger partial charge on any atom is 0.325 e. The van der Waals surface area contributed by atoms with E-state index in [1.165, 1.54) is 16.8 Å². The summed E-state index contributed by atoms with van der Waals surface area (Å²) in [5.41, 5.74) is 0. The molecule has 1 saturated carbocycles. The van der Waals surface area contributed by atoms with Crippen LogP contribution in [0.4, 0.5) is 4.79 Å². The molecule has 108 valence electrons. The van der Waals surface area contributed by atoms with Crippen LogP contribution >= 0.6 is 0 Å². The standard InChI is InChI=1S/C12H20N2O5/c1-3-19-11(17)8-13(2)12(18)14(7-10(15)16)6-9-4-5-9/h9H,3-8H2,1-2H3,(H,15,16). The first-order valence-electron chi connectivity index (χ1n) is 6.31. The van der Waals surface area contributed by atoms with Gasteiger partial charge in [-0.1, -0.05) is 0 Å². The zero-order chi connectivity index (χ0) is 14.4. The van der Waals surface area contributed by atoms with Crippen molar-refractivity contribution in [2.75, 3.05) is 33.3 Å². The van der Waals surface area contributed by atoms with Crippen molar-refractivity contribution in [3.63, 3.8) is 0 Å². The van der Waals surface area contributed by atoms with E-state index >= 15 is 0 Å². The number of carboxylic acid groups (broad SMARTS) is 1. The van der Waals surface area contributed by atoms with E-state index in [2.05, 4.69) is 0 Å². The van der Waals surface area contributed by atoms with Gasteiger partial charge < -0.3 is 19.6 Å². The minimum absolute atomic E-state index is 0.173. The quantitative estimate of drug-likeness (QED) is 0.678. The number of hydrogen-bond donors (Lipinski definition) is 1. The lowest BCUT2D eigenvalue weighted by Gasteiger charge is -2.26. The molecule has 0 aromatic heterocycles. The van der Waals surface area contributed by atoms with Crippen LogP contribution in [-0.2, 0) is 14.3 Å². The van der Waals surface area contributed by atoms with Crippen molar-refractivity contribution in [1.29, 1.82) is 0 Å². The molecule has 0 spiro atoms. The van der Waals surface area contributed by atoms with Crippen LogP contribution in [0.5, 0.6) is 0 Å². The Bertz CT molecular complexity index is 354. The highest BCUT2D eigenvalue weighted by molar-refractivity contribution is 5.83. The summed E-state index contributed by atoms with van der Waals surface area (Å²) in [6.07, 6.45) is 2.04. The van der Waals surface area contributed by atoms with E-state index in [4.69, 9.17) is 9.84 Å². The molecular weight excluding hydrogens is 252 g/mol. The summed E-state index contributed by atoms with van der Waals surface area (Å²) in [6.45, 7) is 1.85. The van der Waals surface area contributed by atoms with Crippen LogP contribution in [0.2, 0.25) is 0 Å². The van der Waals surface area contributed by atoms with Crippen molar-refractivity contribution in [1.82, 2.24) is 9.80 Å². The van der Waals surface area contributed by atoms with Gasteiger partial charge in [-0.25, -0.2) is 4.79 Å². The average Bonchev–Trinajstić information content (AvgIpc) is 3.10. The number of ether oxygens (including phenoxy) is 1. The fourth-order valence-corrected chi connectivity index (χ4v) is 1.69. The highest BCUT2D eigenvalue weighted by Gasteiger charge is 2.29. The first-order valence-corrected chi connectivity index (χ1v) is 6.31. The first kappa shape index (κ1) is 15.3. The summed E-state index contributed by atoms with van der Waals surface area (Å²) in [5, 5.41) is 8.81. The molecule has 0 unspecified atom stereocenters. The Morgan fingerprint density at radius 3 is 2.37 bits per heavy atom. The summed E-state index contributed by atoms with van der Waals surface area (Å²) >= 11 is 0. The van der Waals surface area contributed by atoms with E-state index in [1.807, 2.05) is 0 Å². The van der Waals surface area contributed by atoms with Crippen molar-refractivity contribution in [3.8, 4) is 0 Å². The molecule has 1 aliphatic rings. The molecule has 0 radical (unpaired) electrons. The summed E-state index contributed by atoms with van der Waals surface area (Å²) < 4.78 is 4.75. The second-order valence-electron chi connectivity index (χ2n) is 4.66. The monoisotopic (exact) mass is 272 g/mol. The summed E-state index contributed by atoms with van der Waals surface area (Å²) in [5.74, 6) is -1.17. The number of carbonyl (C=O) groups is 3. The van der Waals surface area contributed by atoms with Crippen LogP contribution in [0.15, 0.2) is 0 Å². The van der Waals surface area contributed by atoms with E-state index in [0.29, 0.717) is 12.5 Å².